The molecule has 154 valence electrons. The third kappa shape index (κ3) is 5.38. The Morgan fingerprint density at radius 1 is 1.17 bits per heavy atom. The van der Waals surface area contributed by atoms with Crippen LogP contribution in [0.4, 0.5) is 5.69 Å². The molecule has 0 saturated carbocycles. The van der Waals surface area contributed by atoms with Gasteiger partial charge in [0.15, 0.2) is 0 Å². The SMILES string of the molecule is Cc1nn(C)c(Cl)c1/C=C/C(=O)N1CCN(CC(=O)Nc2ccccc2Cl)CC1. The fourth-order valence-electron chi connectivity index (χ4n) is 3.18. The molecule has 0 bridgehead atoms. The highest BCUT2D eigenvalue weighted by molar-refractivity contribution is 6.33. The van der Waals surface area contributed by atoms with Crippen molar-refractivity contribution in [1.29, 1.82) is 0 Å². The maximum Gasteiger partial charge on any atom is 0.246 e. The lowest BCUT2D eigenvalue weighted by molar-refractivity contribution is -0.127. The van der Waals surface area contributed by atoms with E-state index in [0.29, 0.717) is 42.0 Å². The molecular weight excluding hydrogens is 413 g/mol. The summed E-state index contributed by atoms with van der Waals surface area (Å²) in [6.45, 7) is 4.48. The molecule has 0 spiro atoms. The lowest BCUT2D eigenvalue weighted by Gasteiger charge is -2.33. The van der Waals surface area contributed by atoms with Crippen molar-refractivity contribution in [3.05, 3.63) is 51.8 Å². The molecule has 29 heavy (non-hydrogen) atoms. The summed E-state index contributed by atoms with van der Waals surface area (Å²) in [6, 6.07) is 7.13. The number of halogens is 2. The average Bonchev–Trinajstić information content (AvgIpc) is 2.94. The highest BCUT2D eigenvalue weighted by Gasteiger charge is 2.21. The molecule has 0 unspecified atom stereocenters. The van der Waals surface area contributed by atoms with Gasteiger partial charge in [-0.2, -0.15) is 5.10 Å². The third-order valence-corrected chi connectivity index (χ3v) is 5.57. The van der Waals surface area contributed by atoms with E-state index in [-0.39, 0.29) is 18.4 Å². The molecule has 0 radical (unpaired) electrons. The molecule has 2 amide bonds. The topological polar surface area (TPSA) is 70.5 Å². The van der Waals surface area contributed by atoms with Crippen LogP contribution in [0.15, 0.2) is 30.3 Å². The van der Waals surface area contributed by atoms with E-state index in [4.69, 9.17) is 23.2 Å². The Hall–Kier alpha value is -2.35. The number of piperazine rings is 1. The van der Waals surface area contributed by atoms with Crippen LogP contribution < -0.4 is 5.32 Å². The van der Waals surface area contributed by atoms with Crippen LogP contribution in [-0.4, -0.2) is 64.1 Å². The predicted octanol–water partition coefficient (Wildman–Crippen LogP) is 2.83. The first-order chi connectivity index (χ1) is 13.8. The van der Waals surface area contributed by atoms with E-state index in [2.05, 4.69) is 10.4 Å². The molecule has 7 nitrogen and oxygen atoms in total. The van der Waals surface area contributed by atoms with Gasteiger partial charge in [0.05, 0.1) is 22.9 Å². The minimum Gasteiger partial charge on any atom is -0.337 e. The van der Waals surface area contributed by atoms with E-state index >= 15 is 0 Å². The quantitative estimate of drug-likeness (QED) is 0.732. The molecule has 1 fully saturated rings. The number of amides is 2. The smallest absolute Gasteiger partial charge is 0.246 e. The summed E-state index contributed by atoms with van der Waals surface area (Å²) in [6.07, 6.45) is 3.23. The van der Waals surface area contributed by atoms with E-state index in [1.807, 2.05) is 24.0 Å². The summed E-state index contributed by atoms with van der Waals surface area (Å²) in [4.78, 5) is 28.5. The molecule has 1 aliphatic heterocycles. The zero-order valence-corrected chi connectivity index (χ0v) is 17.9. The maximum atomic E-state index is 12.5. The second kappa shape index (κ2) is 9.43. The molecule has 2 heterocycles. The number of hydrogen-bond acceptors (Lipinski definition) is 4. The van der Waals surface area contributed by atoms with Crippen molar-refractivity contribution < 1.29 is 9.59 Å². The second-order valence-electron chi connectivity index (χ2n) is 6.88. The number of rotatable bonds is 5. The standard InChI is InChI=1S/C20H23Cl2N5O2/c1-14-15(20(22)25(2)24-14)7-8-19(29)27-11-9-26(10-12-27)13-18(28)23-17-6-4-3-5-16(17)21/h3-8H,9-13H2,1-2H3,(H,23,28)/b8-7+. The number of aryl methyl sites for hydroxylation is 2. The number of nitrogens with one attached hydrogen (secondary N) is 1. The number of carbonyl (C=O) groups excluding carboxylic acids is 2. The monoisotopic (exact) mass is 435 g/mol. The van der Waals surface area contributed by atoms with Crippen LogP contribution in [0.2, 0.25) is 10.2 Å². The maximum absolute atomic E-state index is 12.5. The van der Waals surface area contributed by atoms with Gasteiger partial charge in [-0.3, -0.25) is 19.2 Å². The first-order valence-corrected chi connectivity index (χ1v) is 10.0. The summed E-state index contributed by atoms with van der Waals surface area (Å²) >= 11 is 12.3. The second-order valence-corrected chi connectivity index (χ2v) is 7.64. The Morgan fingerprint density at radius 3 is 2.48 bits per heavy atom. The van der Waals surface area contributed by atoms with Crippen LogP contribution in [0.1, 0.15) is 11.3 Å². The first kappa shape index (κ1) is 21.4. The Balaban J connectivity index is 1.48. The van der Waals surface area contributed by atoms with Gasteiger partial charge in [-0.05, 0) is 25.1 Å². The predicted molar refractivity (Wildman–Crippen MR) is 115 cm³/mol. The van der Waals surface area contributed by atoms with Crippen LogP contribution in [0, 0.1) is 6.92 Å². The fourth-order valence-corrected chi connectivity index (χ4v) is 3.60. The van der Waals surface area contributed by atoms with Crippen molar-refractivity contribution in [3.63, 3.8) is 0 Å². The van der Waals surface area contributed by atoms with Crippen LogP contribution >= 0.6 is 23.2 Å². The molecule has 9 heteroatoms. The minimum absolute atomic E-state index is 0.0792. The van der Waals surface area contributed by atoms with Crippen molar-refractivity contribution in [1.82, 2.24) is 19.6 Å². The van der Waals surface area contributed by atoms with Gasteiger partial charge in [0.25, 0.3) is 0 Å². The van der Waals surface area contributed by atoms with Crippen LogP contribution in [0.25, 0.3) is 6.08 Å². The van der Waals surface area contributed by atoms with Gasteiger partial charge in [-0.25, -0.2) is 0 Å². The Labute approximate surface area is 179 Å². The van der Waals surface area contributed by atoms with Gasteiger partial charge in [0.1, 0.15) is 5.15 Å². The van der Waals surface area contributed by atoms with E-state index in [0.717, 1.165) is 11.3 Å². The van der Waals surface area contributed by atoms with Gasteiger partial charge >= 0.3 is 0 Å². The summed E-state index contributed by atoms with van der Waals surface area (Å²) in [5.74, 6) is -0.205. The lowest BCUT2D eigenvalue weighted by Crippen LogP contribution is -2.50. The van der Waals surface area contributed by atoms with Gasteiger partial charge in [0.2, 0.25) is 11.8 Å². The normalized spacial score (nSPS) is 15.1. The van der Waals surface area contributed by atoms with Crippen molar-refractivity contribution in [2.75, 3.05) is 38.0 Å². The molecular formula is C20H23Cl2N5O2. The van der Waals surface area contributed by atoms with Crippen LogP contribution in [0.5, 0.6) is 0 Å². The Bertz CT molecular complexity index is 933. The summed E-state index contributed by atoms with van der Waals surface area (Å²) < 4.78 is 1.58. The van der Waals surface area contributed by atoms with Crippen molar-refractivity contribution in [2.24, 2.45) is 7.05 Å². The number of nitrogens with zero attached hydrogens (tertiary/aromatic N) is 4. The summed E-state index contributed by atoms with van der Waals surface area (Å²) in [5.41, 5.74) is 2.12. The largest absolute Gasteiger partial charge is 0.337 e. The summed E-state index contributed by atoms with van der Waals surface area (Å²) in [5, 5.41) is 8.05. The average molecular weight is 436 g/mol. The molecule has 1 aromatic carbocycles. The van der Waals surface area contributed by atoms with Gasteiger partial charge < -0.3 is 10.2 Å². The number of para-hydroxylation sites is 1. The number of carbonyl (C=O) groups is 2. The van der Waals surface area contributed by atoms with E-state index in [1.54, 1.807) is 34.8 Å². The molecule has 1 N–H and O–H groups in total. The van der Waals surface area contributed by atoms with Crippen LogP contribution in [-0.2, 0) is 16.6 Å². The van der Waals surface area contributed by atoms with E-state index in [1.165, 1.54) is 6.08 Å². The Kier molecular flexibility index (Phi) is 6.95. The molecule has 1 aliphatic rings. The highest BCUT2D eigenvalue weighted by Crippen LogP contribution is 2.21. The molecule has 0 aliphatic carbocycles. The van der Waals surface area contributed by atoms with Crippen molar-refractivity contribution in [2.45, 2.75) is 6.92 Å². The molecule has 1 aromatic heterocycles. The number of hydrogen-bond donors (Lipinski definition) is 1. The minimum atomic E-state index is -0.125. The number of anilines is 1. The molecule has 3 rings (SSSR count). The lowest BCUT2D eigenvalue weighted by atomic mass is 10.2. The van der Waals surface area contributed by atoms with Gasteiger partial charge in [-0.15, -0.1) is 0 Å². The van der Waals surface area contributed by atoms with Crippen LogP contribution in [0.3, 0.4) is 0 Å². The summed E-state index contributed by atoms with van der Waals surface area (Å²) in [7, 11) is 1.76. The van der Waals surface area contributed by atoms with Gasteiger partial charge in [-0.1, -0.05) is 35.3 Å². The van der Waals surface area contributed by atoms with Crippen molar-refractivity contribution in [3.8, 4) is 0 Å². The zero-order chi connectivity index (χ0) is 21.0. The molecule has 0 atom stereocenters. The number of aromatic nitrogens is 2. The highest BCUT2D eigenvalue weighted by atomic mass is 35.5. The van der Waals surface area contributed by atoms with E-state index in [9.17, 15) is 9.59 Å². The third-order valence-electron chi connectivity index (χ3n) is 4.79. The van der Waals surface area contributed by atoms with Gasteiger partial charge in [0, 0.05) is 44.9 Å². The molecule has 2 aromatic rings. The Morgan fingerprint density at radius 2 is 1.86 bits per heavy atom. The molecule has 1 saturated heterocycles. The zero-order valence-electron chi connectivity index (χ0n) is 16.4. The first-order valence-electron chi connectivity index (χ1n) is 9.28. The fraction of sp³-hybridized carbons (Fsp3) is 0.350. The number of benzene rings is 1. The van der Waals surface area contributed by atoms with Crippen molar-refractivity contribution >= 4 is 46.8 Å². The van der Waals surface area contributed by atoms with E-state index < -0.39 is 0 Å².